The number of nitriles is 3. The summed E-state index contributed by atoms with van der Waals surface area (Å²) in [4.78, 5) is 72.9. The van der Waals surface area contributed by atoms with Crippen LogP contribution in [0.25, 0.3) is 42.1 Å². The highest BCUT2D eigenvalue weighted by Crippen LogP contribution is 2.63. The first-order chi connectivity index (χ1) is 38.1. The van der Waals surface area contributed by atoms with Crippen molar-refractivity contribution in [2.45, 2.75) is 37.3 Å². The van der Waals surface area contributed by atoms with E-state index < -0.39 is 34.7 Å². The van der Waals surface area contributed by atoms with Gasteiger partial charge in [-0.2, -0.15) is 15.8 Å². The van der Waals surface area contributed by atoms with E-state index in [4.69, 9.17) is 24.7 Å². The highest BCUT2D eigenvalue weighted by atomic mass is 32.1. The molecule has 2 aliphatic carbocycles. The number of amidine groups is 1. The van der Waals surface area contributed by atoms with Crippen molar-refractivity contribution in [3.05, 3.63) is 198 Å². The minimum absolute atomic E-state index is 0.188. The second-order valence-electron chi connectivity index (χ2n) is 17.5. The Labute approximate surface area is 464 Å². The molecule has 5 aromatic heterocycles. The monoisotopic (exact) mass is 1120 g/mol. The molecule has 4 aromatic carbocycles. The van der Waals surface area contributed by atoms with Gasteiger partial charge in [-0.1, -0.05) is 121 Å². The van der Waals surface area contributed by atoms with Crippen molar-refractivity contribution in [3.8, 4) is 18.2 Å². The Morgan fingerprint density at radius 3 is 1.12 bits per heavy atom. The molecule has 380 valence electrons. The van der Waals surface area contributed by atoms with Crippen LogP contribution in [-0.2, 0) is 75.4 Å². The number of benzene rings is 4. The Kier molecular flexibility index (Phi) is 14.0. The van der Waals surface area contributed by atoms with E-state index in [0.29, 0.717) is 71.1 Å². The Morgan fingerprint density at radius 1 is 0.436 bits per heavy atom. The molecular weight excluding hydrogens is 1080 g/mol. The van der Waals surface area contributed by atoms with Gasteiger partial charge in [-0.25, -0.2) is 9.98 Å². The number of hydrogen-bond donors (Lipinski definition) is 1. The summed E-state index contributed by atoms with van der Waals surface area (Å²) in [6, 6.07) is 48.2. The third-order valence-corrected chi connectivity index (χ3v) is 18.8. The van der Waals surface area contributed by atoms with Gasteiger partial charge in [0.25, 0.3) is 0 Å². The third kappa shape index (κ3) is 9.07. The molecule has 0 saturated heterocycles. The van der Waals surface area contributed by atoms with E-state index in [0.717, 1.165) is 22.7 Å². The van der Waals surface area contributed by atoms with Gasteiger partial charge in [0.15, 0.2) is 0 Å². The van der Waals surface area contributed by atoms with Crippen LogP contribution >= 0.6 is 56.7 Å². The molecule has 11 rings (SSSR count). The van der Waals surface area contributed by atoms with E-state index in [1.807, 2.05) is 54.6 Å². The van der Waals surface area contributed by atoms with Crippen molar-refractivity contribution in [3.63, 3.8) is 0 Å². The number of carbonyl (C=O) groups is 4. The fourth-order valence-corrected chi connectivity index (χ4v) is 15.9. The van der Waals surface area contributed by atoms with Gasteiger partial charge in [0.2, 0.25) is 22.4 Å². The number of ether oxygens (including phenoxy) is 4. The minimum atomic E-state index is -2.28. The topological polar surface area (TPSA) is 227 Å². The number of fused-ring (bicyclic) bond motifs is 7. The van der Waals surface area contributed by atoms with Crippen molar-refractivity contribution < 1.29 is 38.1 Å². The molecule has 0 fully saturated rings. The molecule has 2 N–H and O–H groups in total. The van der Waals surface area contributed by atoms with Crippen molar-refractivity contribution in [1.82, 2.24) is 0 Å². The Morgan fingerprint density at radius 2 is 0.782 bits per heavy atom. The van der Waals surface area contributed by atoms with E-state index in [1.54, 1.807) is 121 Å². The van der Waals surface area contributed by atoms with Crippen LogP contribution in [0.15, 0.2) is 156 Å². The van der Waals surface area contributed by atoms with Gasteiger partial charge in [-0.3, -0.25) is 19.2 Å². The molecule has 9 aromatic rings. The SMILES string of the molecule is N#CC(C#N)=Nc1ccc(C2=Cc3sc4c(sc5c6c(sc54)C=C(c4ccc(/N=C(/N)C#N)s4)C6(C(=O)OCc4ccccc4)C(=O)OCc4ccccc4)c3C2(C(=O)OCc2ccccc2)C(=O)OCc2ccccc2)s1. The van der Waals surface area contributed by atoms with Gasteiger partial charge in [0.05, 0.1) is 18.8 Å². The molecule has 0 unspecified atom stereocenters. The lowest BCUT2D eigenvalue weighted by molar-refractivity contribution is -0.164. The van der Waals surface area contributed by atoms with E-state index in [-0.39, 0.29) is 59.7 Å². The Balaban J connectivity index is 1.13. The van der Waals surface area contributed by atoms with Gasteiger partial charge in [0.1, 0.15) is 54.6 Å². The summed E-state index contributed by atoms with van der Waals surface area (Å²) in [7, 11) is 0. The summed E-state index contributed by atoms with van der Waals surface area (Å²) >= 11 is 6.06. The number of rotatable bonds is 16. The van der Waals surface area contributed by atoms with E-state index in [9.17, 15) is 15.8 Å². The molecule has 14 nitrogen and oxygen atoms in total. The molecule has 0 radical (unpaired) electrons. The molecule has 0 bridgehead atoms. The zero-order valence-electron chi connectivity index (χ0n) is 40.5. The van der Waals surface area contributed by atoms with Crippen LogP contribution in [0.3, 0.4) is 0 Å². The van der Waals surface area contributed by atoms with E-state index in [1.165, 1.54) is 34.0 Å². The third-order valence-electron chi connectivity index (χ3n) is 12.9. The Bertz CT molecular complexity index is 4000. The van der Waals surface area contributed by atoms with Crippen LogP contribution in [0.1, 0.15) is 52.9 Å². The van der Waals surface area contributed by atoms with E-state index in [2.05, 4.69) is 9.98 Å². The van der Waals surface area contributed by atoms with Crippen LogP contribution in [0.2, 0.25) is 0 Å². The maximum absolute atomic E-state index is 15.6. The summed E-state index contributed by atoms with van der Waals surface area (Å²) in [5.41, 5.74) is 4.65. The molecule has 0 aliphatic heterocycles. The summed E-state index contributed by atoms with van der Waals surface area (Å²) in [5, 5.41) is 29.3. The number of thiophene rings is 5. The molecule has 0 amide bonds. The number of hydrogen-bond acceptors (Lipinski definition) is 18. The zero-order valence-corrected chi connectivity index (χ0v) is 44.5. The first-order valence-electron chi connectivity index (χ1n) is 23.7. The van der Waals surface area contributed by atoms with Gasteiger partial charge in [0, 0.05) is 41.8 Å². The van der Waals surface area contributed by atoms with Crippen LogP contribution in [0.5, 0.6) is 0 Å². The first-order valence-corrected chi connectivity index (χ1v) is 27.8. The van der Waals surface area contributed by atoms with E-state index >= 15 is 19.2 Å². The number of carbonyl (C=O) groups excluding carboxylic acids is 4. The molecule has 0 atom stereocenters. The van der Waals surface area contributed by atoms with Crippen molar-refractivity contribution in [1.29, 1.82) is 15.8 Å². The average molecular weight is 1120 g/mol. The van der Waals surface area contributed by atoms with Crippen LogP contribution < -0.4 is 5.73 Å². The smallest absolute Gasteiger partial charge is 0.333 e. The number of nitrogens with two attached hydrogens (primary N) is 1. The maximum atomic E-state index is 15.6. The second-order valence-corrected chi connectivity index (χ2v) is 22.8. The maximum Gasteiger partial charge on any atom is 0.333 e. The number of aliphatic imine (C=N–C) groups is 2. The normalized spacial score (nSPS) is 13.7. The fourth-order valence-electron chi connectivity index (χ4n) is 9.37. The van der Waals surface area contributed by atoms with Gasteiger partial charge >= 0.3 is 23.9 Å². The lowest BCUT2D eigenvalue weighted by Gasteiger charge is -2.29. The number of esters is 4. The van der Waals surface area contributed by atoms with Gasteiger partial charge in [-0.05, 0) is 58.7 Å². The van der Waals surface area contributed by atoms with Gasteiger partial charge < -0.3 is 24.7 Å². The lowest BCUT2D eigenvalue weighted by atomic mass is 9.77. The van der Waals surface area contributed by atoms with Crippen LogP contribution in [0.4, 0.5) is 10.0 Å². The fraction of sp³-hybridized carbons (Fsp3) is 0.102. The molecule has 78 heavy (non-hydrogen) atoms. The largest absolute Gasteiger partial charge is 0.459 e. The van der Waals surface area contributed by atoms with Crippen molar-refractivity contribution in [2.24, 2.45) is 15.7 Å². The molecule has 0 saturated carbocycles. The van der Waals surface area contributed by atoms with Crippen molar-refractivity contribution in [2.75, 3.05) is 0 Å². The standard InChI is InChI=1S/C59H36N6O8S5/c60-27-38(28-61)64-46-23-21-41(74-46)39-25-43-48(58(39,54(66)70-30-34-13-5-1-6-14-34)55(67)71-31-35-15-7-2-8-16-35)50-52(76-43)53-51(78-50)49-44(77-53)26-40(42-22-24-47(75-42)65-45(63)29-62)59(49,56(68)72-32-36-17-9-3-10-18-36)57(69)73-33-37-19-11-4-12-20-37/h1-26H,30-33H2,(H2,63,65). The summed E-state index contributed by atoms with van der Waals surface area (Å²) in [6.45, 7) is -0.773. The highest BCUT2D eigenvalue weighted by Gasteiger charge is 2.62. The minimum Gasteiger partial charge on any atom is -0.459 e. The quantitative estimate of drug-likeness (QED) is 0.0313. The zero-order chi connectivity index (χ0) is 54.0. The summed E-state index contributed by atoms with van der Waals surface area (Å²) in [6.07, 6.45) is 3.55. The Hall–Kier alpha value is -9.13. The lowest BCUT2D eigenvalue weighted by Crippen LogP contribution is -2.45. The van der Waals surface area contributed by atoms with Crippen LogP contribution in [-0.4, -0.2) is 35.4 Å². The molecule has 19 heteroatoms. The second kappa shape index (κ2) is 21.5. The average Bonchev–Trinajstić information content (AvgIpc) is 3.37. The highest BCUT2D eigenvalue weighted by molar-refractivity contribution is 7.39. The van der Waals surface area contributed by atoms with Crippen molar-refractivity contribution >= 4 is 144 Å². The number of nitrogens with zero attached hydrogens (tertiary/aromatic N) is 5. The summed E-state index contributed by atoms with van der Waals surface area (Å²) < 4.78 is 27.3. The predicted octanol–water partition coefficient (Wildman–Crippen LogP) is 12.5. The summed E-state index contributed by atoms with van der Waals surface area (Å²) in [5.74, 6) is -3.96. The molecular formula is C59H36N6O8S5. The molecule has 0 spiro atoms. The first kappa shape index (κ1) is 51.0. The van der Waals surface area contributed by atoms with Gasteiger partial charge in [-0.15, -0.1) is 56.7 Å². The predicted molar refractivity (Wildman–Crippen MR) is 303 cm³/mol. The molecule has 2 aliphatic rings. The molecule has 5 heterocycles. The van der Waals surface area contributed by atoms with Crippen LogP contribution in [0, 0.1) is 34.0 Å².